The Morgan fingerprint density at radius 2 is 2.20 bits per heavy atom. The first kappa shape index (κ1) is 22.3. The van der Waals surface area contributed by atoms with Crippen molar-refractivity contribution >= 4 is 40.7 Å². The Balaban J connectivity index is 0.00000312. The fourth-order valence-electron chi connectivity index (χ4n) is 3.08. The zero-order valence-electron chi connectivity index (χ0n) is 15.4. The lowest BCUT2D eigenvalue weighted by molar-refractivity contribution is 0.413. The van der Waals surface area contributed by atoms with Crippen molar-refractivity contribution in [3.63, 3.8) is 0 Å². The van der Waals surface area contributed by atoms with Gasteiger partial charge in [0.2, 0.25) is 0 Å². The lowest BCUT2D eigenvalue weighted by Gasteiger charge is -2.30. The molecule has 1 aliphatic rings. The fourth-order valence-corrected chi connectivity index (χ4v) is 4.43. The van der Waals surface area contributed by atoms with Gasteiger partial charge in [-0.1, -0.05) is 13.3 Å². The first-order chi connectivity index (χ1) is 11.7. The van der Waals surface area contributed by atoms with Crippen molar-refractivity contribution in [1.29, 1.82) is 0 Å². The zero-order valence-corrected chi connectivity index (χ0v) is 18.5. The molecule has 1 aliphatic carbocycles. The second-order valence-corrected chi connectivity index (χ2v) is 8.03. The minimum absolute atomic E-state index is 0. The maximum Gasteiger partial charge on any atom is 0.191 e. The van der Waals surface area contributed by atoms with E-state index in [0.717, 1.165) is 56.3 Å². The summed E-state index contributed by atoms with van der Waals surface area (Å²) >= 11 is 0. The summed E-state index contributed by atoms with van der Waals surface area (Å²) in [4.78, 5) is 4.64. The van der Waals surface area contributed by atoms with E-state index in [9.17, 15) is 4.21 Å². The number of aliphatic imine (C=N–C) groups is 1. The molecule has 2 N–H and O–H groups in total. The molecule has 25 heavy (non-hydrogen) atoms. The largest absolute Gasteiger partial charge is 0.357 e. The van der Waals surface area contributed by atoms with Crippen LogP contribution in [-0.2, 0) is 23.9 Å². The third kappa shape index (κ3) is 6.84. The molecular formula is C16H31IN6OS. The summed E-state index contributed by atoms with van der Waals surface area (Å²) in [5, 5.41) is 15.2. The summed E-state index contributed by atoms with van der Waals surface area (Å²) in [7, 11) is -0.707. The Hall–Kier alpha value is -0.710. The average molecular weight is 482 g/mol. The van der Waals surface area contributed by atoms with E-state index in [0.29, 0.717) is 17.8 Å². The van der Waals surface area contributed by atoms with E-state index >= 15 is 0 Å². The zero-order chi connectivity index (χ0) is 17.4. The molecule has 0 amide bonds. The minimum Gasteiger partial charge on any atom is -0.357 e. The van der Waals surface area contributed by atoms with Crippen molar-refractivity contribution in [2.75, 3.05) is 12.3 Å². The fraction of sp³-hybridized carbons (Fsp3) is 0.812. The number of nitrogens with one attached hydrogen (secondary N) is 2. The van der Waals surface area contributed by atoms with Crippen LogP contribution in [0.4, 0.5) is 0 Å². The average Bonchev–Trinajstić information content (AvgIpc) is 3.07. The molecule has 0 aromatic carbocycles. The molecular weight excluding hydrogens is 451 g/mol. The van der Waals surface area contributed by atoms with Gasteiger partial charge in [0, 0.05) is 40.9 Å². The molecule has 0 radical (unpaired) electrons. The molecule has 1 saturated carbocycles. The van der Waals surface area contributed by atoms with Gasteiger partial charge >= 0.3 is 0 Å². The van der Waals surface area contributed by atoms with E-state index in [-0.39, 0.29) is 24.0 Å². The van der Waals surface area contributed by atoms with E-state index in [4.69, 9.17) is 0 Å². The summed E-state index contributed by atoms with van der Waals surface area (Å²) in [6.07, 6.45) is 5.99. The lowest BCUT2D eigenvalue weighted by Crippen LogP contribution is -2.46. The second-order valence-electron chi connectivity index (χ2n) is 6.03. The normalized spacial score (nSPS) is 22.1. The van der Waals surface area contributed by atoms with E-state index in [2.05, 4.69) is 39.7 Å². The molecule has 1 fully saturated rings. The third-order valence-electron chi connectivity index (χ3n) is 4.38. The number of hydrogen-bond acceptors (Lipinski definition) is 4. The van der Waals surface area contributed by atoms with Crippen LogP contribution in [0.2, 0.25) is 0 Å². The molecule has 1 aromatic heterocycles. The van der Waals surface area contributed by atoms with Crippen LogP contribution in [0.25, 0.3) is 0 Å². The van der Waals surface area contributed by atoms with E-state index < -0.39 is 10.8 Å². The van der Waals surface area contributed by atoms with Crippen LogP contribution in [0, 0.1) is 0 Å². The summed E-state index contributed by atoms with van der Waals surface area (Å²) in [5.41, 5.74) is 0. The summed E-state index contributed by atoms with van der Waals surface area (Å²) in [6.45, 7) is 8.28. The molecule has 9 heteroatoms. The molecule has 1 aromatic rings. The number of guanidine groups is 1. The van der Waals surface area contributed by atoms with E-state index in [1.807, 2.05) is 11.5 Å². The highest BCUT2D eigenvalue weighted by atomic mass is 127. The quantitative estimate of drug-likeness (QED) is 0.353. The van der Waals surface area contributed by atoms with Crippen LogP contribution in [0.1, 0.15) is 52.3 Å². The van der Waals surface area contributed by atoms with Gasteiger partial charge in [0.15, 0.2) is 11.8 Å². The van der Waals surface area contributed by atoms with Gasteiger partial charge in [-0.3, -0.25) is 4.21 Å². The molecule has 7 nitrogen and oxygen atoms in total. The van der Waals surface area contributed by atoms with Crippen LogP contribution in [0.3, 0.4) is 0 Å². The third-order valence-corrected chi connectivity index (χ3v) is 6.12. The lowest BCUT2D eigenvalue weighted by atomic mass is 9.95. The Labute approximate surface area is 170 Å². The molecule has 0 saturated heterocycles. The van der Waals surface area contributed by atoms with Crippen molar-refractivity contribution < 1.29 is 4.21 Å². The molecule has 2 rings (SSSR count). The SMILES string of the molecule is CCNC(=NCc1nncn1CC)NC1CCCC(S(=O)CC)C1.I. The van der Waals surface area contributed by atoms with E-state index in [1.54, 1.807) is 6.33 Å². The van der Waals surface area contributed by atoms with Gasteiger partial charge < -0.3 is 15.2 Å². The first-order valence-corrected chi connectivity index (χ1v) is 10.3. The highest BCUT2D eigenvalue weighted by Gasteiger charge is 2.26. The van der Waals surface area contributed by atoms with Crippen molar-refractivity contribution in [3.05, 3.63) is 12.2 Å². The van der Waals surface area contributed by atoms with Gasteiger partial charge in [0.05, 0.1) is 0 Å². The van der Waals surface area contributed by atoms with Gasteiger partial charge in [0.1, 0.15) is 12.9 Å². The van der Waals surface area contributed by atoms with Crippen molar-refractivity contribution in [2.45, 2.75) is 70.8 Å². The van der Waals surface area contributed by atoms with Crippen LogP contribution in [0.5, 0.6) is 0 Å². The first-order valence-electron chi connectivity index (χ1n) is 8.96. The number of rotatable bonds is 7. The van der Waals surface area contributed by atoms with Crippen LogP contribution in [0.15, 0.2) is 11.3 Å². The number of aromatic nitrogens is 3. The second kappa shape index (κ2) is 11.8. The molecule has 144 valence electrons. The Kier molecular flexibility index (Phi) is 10.6. The van der Waals surface area contributed by atoms with Crippen molar-refractivity contribution in [3.8, 4) is 0 Å². The number of nitrogens with zero attached hydrogens (tertiary/aromatic N) is 4. The van der Waals surface area contributed by atoms with Crippen molar-refractivity contribution in [2.24, 2.45) is 4.99 Å². The van der Waals surface area contributed by atoms with Gasteiger partial charge in [-0.25, -0.2) is 4.99 Å². The topological polar surface area (TPSA) is 84.2 Å². The molecule has 0 spiro atoms. The van der Waals surface area contributed by atoms with Gasteiger partial charge in [-0.15, -0.1) is 34.2 Å². The van der Waals surface area contributed by atoms with Crippen LogP contribution < -0.4 is 10.6 Å². The minimum atomic E-state index is -0.707. The predicted octanol–water partition coefficient (Wildman–Crippen LogP) is 2.05. The molecule has 3 unspecified atom stereocenters. The highest BCUT2D eigenvalue weighted by molar-refractivity contribution is 14.0. The molecule has 0 aliphatic heterocycles. The number of halogens is 1. The van der Waals surface area contributed by atoms with E-state index in [1.165, 1.54) is 0 Å². The van der Waals surface area contributed by atoms with Crippen LogP contribution in [-0.4, -0.2) is 48.5 Å². The summed E-state index contributed by atoms with van der Waals surface area (Å²) < 4.78 is 14.1. The monoisotopic (exact) mass is 482 g/mol. The van der Waals surface area contributed by atoms with Crippen molar-refractivity contribution in [1.82, 2.24) is 25.4 Å². The standard InChI is InChI=1S/C16H30N6OS.HI/c1-4-17-16(18-11-15-21-19-12-22(15)5-2)20-13-8-7-9-14(10-13)24(23)6-3;/h12-14H,4-11H2,1-3H3,(H2,17,18,20);1H. The molecule has 3 atom stereocenters. The van der Waals surface area contributed by atoms with Gasteiger partial charge in [-0.2, -0.15) is 0 Å². The Morgan fingerprint density at radius 3 is 2.88 bits per heavy atom. The molecule has 1 heterocycles. The maximum atomic E-state index is 12.1. The maximum absolute atomic E-state index is 12.1. The van der Waals surface area contributed by atoms with Gasteiger partial charge in [-0.05, 0) is 33.1 Å². The Bertz CT molecular complexity index is 565. The number of hydrogen-bond donors (Lipinski definition) is 2. The van der Waals surface area contributed by atoms with Crippen LogP contribution >= 0.6 is 24.0 Å². The summed E-state index contributed by atoms with van der Waals surface area (Å²) in [5.74, 6) is 2.41. The summed E-state index contributed by atoms with van der Waals surface area (Å²) in [6, 6.07) is 0.334. The number of aryl methyl sites for hydroxylation is 1. The predicted molar refractivity (Wildman–Crippen MR) is 114 cm³/mol. The molecule has 0 bridgehead atoms. The Morgan fingerprint density at radius 1 is 1.40 bits per heavy atom. The smallest absolute Gasteiger partial charge is 0.191 e. The highest BCUT2D eigenvalue weighted by Crippen LogP contribution is 2.23. The van der Waals surface area contributed by atoms with Gasteiger partial charge in [0.25, 0.3) is 0 Å².